The molecule has 0 aliphatic heterocycles. The zero-order chi connectivity index (χ0) is 19.9. The van der Waals surface area contributed by atoms with Crippen molar-refractivity contribution in [2.75, 3.05) is 0 Å². The molecule has 1 spiro atoms. The summed E-state index contributed by atoms with van der Waals surface area (Å²) in [4.78, 5) is 11.9. The molecule has 4 aliphatic rings. The second-order valence-corrected chi connectivity index (χ2v) is 10.6. The van der Waals surface area contributed by atoms with Crippen LogP contribution in [0.1, 0.15) is 59.8 Å². The summed E-state index contributed by atoms with van der Waals surface area (Å²) in [5, 5.41) is 33.2. The van der Waals surface area contributed by atoms with Crippen LogP contribution in [0.15, 0.2) is 12.2 Å². The molecule has 4 fully saturated rings. The molecule has 4 aliphatic carbocycles. The van der Waals surface area contributed by atoms with Gasteiger partial charge in [0, 0.05) is 18.3 Å². The molecule has 0 aromatic heterocycles. The zero-order valence-corrected chi connectivity index (χ0v) is 16.9. The van der Waals surface area contributed by atoms with E-state index in [1.165, 1.54) is 6.92 Å². The molecule has 0 aromatic carbocycles. The molecular weight excluding hydrogens is 344 g/mol. The molecule has 0 aromatic rings. The number of hydrogen-bond donors (Lipinski definition) is 3. The molecule has 2 bridgehead atoms. The minimum Gasteiger partial charge on any atom is -0.462 e. The Hall–Kier alpha value is -0.910. The van der Waals surface area contributed by atoms with Crippen molar-refractivity contribution in [2.24, 2.45) is 34.0 Å². The van der Waals surface area contributed by atoms with Gasteiger partial charge < -0.3 is 20.1 Å². The topological polar surface area (TPSA) is 87.0 Å². The Kier molecular flexibility index (Phi) is 4.17. The number of aliphatic hydroxyl groups excluding tert-OH is 3. The molecular formula is C22H34O5. The fourth-order valence-electron chi connectivity index (χ4n) is 8.15. The van der Waals surface area contributed by atoms with Crippen LogP contribution in [0.25, 0.3) is 0 Å². The number of aliphatic hydroxyl groups is 3. The van der Waals surface area contributed by atoms with Crippen molar-refractivity contribution in [3.63, 3.8) is 0 Å². The van der Waals surface area contributed by atoms with Gasteiger partial charge in [-0.1, -0.05) is 27.4 Å². The molecule has 27 heavy (non-hydrogen) atoms. The first-order valence-electron chi connectivity index (χ1n) is 10.4. The Morgan fingerprint density at radius 2 is 1.81 bits per heavy atom. The fourth-order valence-corrected chi connectivity index (χ4v) is 8.15. The number of carbonyl (C=O) groups is 1. The average molecular weight is 379 g/mol. The molecule has 0 saturated heterocycles. The average Bonchev–Trinajstić information content (AvgIpc) is 2.71. The predicted molar refractivity (Wildman–Crippen MR) is 101 cm³/mol. The Morgan fingerprint density at radius 3 is 2.44 bits per heavy atom. The van der Waals surface area contributed by atoms with Crippen LogP contribution in [-0.4, -0.2) is 45.7 Å². The highest BCUT2D eigenvalue weighted by Crippen LogP contribution is 2.72. The van der Waals surface area contributed by atoms with Crippen LogP contribution in [0, 0.1) is 34.0 Å². The van der Waals surface area contributed by atoms with Crippen molar-refractivity contribution in [3.8, 4) is 0 Å². The van der Waals surface area contributed by atoms with E-state index in [-0.39, 0.29) is 35.2 Å². The van der Waals surface area contributed by atoms with Gasteiger partial charge in [-0.15, -0.1) is 0 Å². The van der Waals surface area contributed by atoms with Crippen LogP contribution in [0.2, 0.25) is 0 Å². The van der Waals surface area contributed by atoms with Crippen molar-refractivity contribution in [1.82, 2.24) is 0 Å². The first kappa shape index (κ1) is 19.4. The quantitative estimate of drug-likeness (QED) is 0.482. The number of ether oxygens (including phenoxy) is 1. The Bertz CT molecular complexity index is 672. The minimum absolute atomic E-state index is 0.0689. The number of hydrogen-bond acceptors (Lipinski definition) is 5. The third kappa shape index (κ3) is 2.37. The second kappa shape index (κ2) is 5.80. The molecule has 0 heterocycles. The van der Waals surface area contributed by atoms with E-state index in [1.807, 2.05) is 0 Å². The minimum atomic E-state index is -0.671. The SMILES string of the molecule is C=C1C2CC(O)C3C4(C)CCC(O)C(C)(C)C4C(OC(C)=O)CC3(C2)C1O. The molecule has 9 atom stereocenters. The summed E-state index contributed by atoms with van der Waals surface area (Å²) in [5.74, 6) is -0.349. The summed E-state index contributed by atoms with van der Waals surface area (Å²) in [6.45, 7) is 11.9. The highest BCUT2D eigenvalue weighted by atomic mass is 16.5. The van der Waals surface area contributed by atoms with Gasteiger partial charge in [-0.25, -0.2) is 0 Å². The van der Waals surface area contributed by atoms with Crippen molar-refractivity contribution < 1.29 is 24.9 Å². The van der Waals surface area contributed by atoms with Gasteiger partial charge >= 0.3 is 5.97 Å². The molecule has 4 saturated carbocycles. The van der Waals surface area contributed by atoms with E-state index in [1.54, 1.807) is 0 Å². The summed E-state index contributed by atoms with van der Waals surface area (Å²) in [6, 6.07) is 0. The summed E-state index contributed by atoms with van der Waals surface area (Å²) < 4.78 is 5.85. The largest absolute Gasteiger partial charge is 0.462 e. The van der Waals surface area contributed by atoms with Gasteiger partial charge in [-0.3, -0.25) is 4.79 Å². The van der Waals surface area contributed by atoms with Crippen molar-refractivity contribution in [3.05, 3.63) is 12.2 Å². The monoisotopic (exact) mass is 378 g/mol. The van der Waals surface area contributed by atoms with Gasteiger partial charge in [0.2, 0.25) is 0 Å². The maximum absolute atomic E-state index is 11.9. The van der Waals surface area contributed by atoms with E-state index in [2.05, 4.69) is 27.4 Å². The maximum atomic E-state index is 11.9. The third-order valence-electron chi connectivity index (χ3n) is 8.88. The van der Waals surface area contributed by atoms with Crippen LogP contribution in [-0.2, 0) is 9.53 Å². The number of carbonyl (C=O) groups excluding carboxylic acids is 1. The van der Waals surface area contributed by atoms with Crippen LogP contribution in [0.5, 0.6) is 0 Å². The number of fused-ring (bicyclic) bond motifs is 3. The van der Waals surface area contributed by atoms with Crippen molar-refractivity contribution >= 4 is 5.97 Å². The van der Waals surface area contributed by atoms with E-state index in [4.69, 9.17) is 4.74 Å². The molecule has 0 amide bonds. The molecule has 5 heteroatoms. The summed E-state index contributed by atoms with van der Waals surface area (Å²) in [5.41, 5.74) is -0.429. The van der Waals surface area contributed by atoms with Gasteiger partial charge in [0.25, 0.3) is 0 Å². The summed E-state index contributed by atoms with van der Waals surface area (Å²) in [6.07, 6.45) is 1.37. The smallest absolute Gasteiger partial charge is 0.302 e. The van der Waals surface area contributed by atoms with Crippen LogP contribution < -0.4 is 0 Å². The highest BCUT2D eigenvalue weighted by Gasteiger charge is 2.72. The molecule has 5 nitrogen and oxygen atoms in total. The normalized spacial score (nSPS) is 53.4. The molecule has 9 unspecified atom stereocenters. The van der Waals surface area contributed by atoms with Gasteiger partial charge in [0.1, 0.15) is 6.10 Å². The Balaban J connectivity index is 1.87. The van der Waals surface area contributed by atoms with Crippen molar-refractivity contribution in [1.29, 1.82) is 0 Å². The maximum Gasteiger partial charge on any atom is 0.302 e. The Morgan fingerprint density at radius 1 is 1.15 bits per heavy atom. The van der Waals surface area contributed by atoms with E-state index < -0.39 is 29.1 Å². The predicted octanol–water partition coefficient (Wildman–Crippen LogP) is 2.43. The van der Waals surface area contributed by atoms with E-state index in [0.717, 1.165) is 18.4 Å². The standard InChI is InChI=1S/C22H34O5/c1-11-13-8-14(24)17-21(5)7-6-16(25)20(3,4)18(21)15(27-12(2)23)10-22(17,9-13)19(11)26/h13-19,24-26H,1,6-10H2,2-5H3. The second-order valence-electron chi connectivity index (χ2n) is 10.6. The number of rotatable bonds is 1. The summed E-state index contributed by atoms with van der Waals surface area (Å²) >= 11 is 0. The fraction of sp³-hybridized carbons (Fsp3) is 0.864. The number of esters is 1. The lowest BCUT2D eigenvalue weighted by Gasteiger charge is -2.67. The Labute approximate surface area is 161 Å². The lowest BCUT2D eigenvalue weighted by atomic mass is 9.39. The molecule has 4 rings (SSSR count). The van der Waals surface area contributed by atoms with E-state index in [9.17, 15) is 20.1 Å². The molecule has 3 N–H and O–H groups in total. The molecule has 0 radical (unpaired) electrons. The van der Waals surface area contributed by atoms with E-state index in [0.29, 0.717) is 19.3 Å². The van der Waals surface area contributed by atoms with Gasteiger partial charge in [-0.2, -0.15) is 0 Å². The van der Waals surface area contributed by atoms with Crippen LogP contribution in [0.4, 0.5) is 0 Å². The lowest BCUT2D eigenvalue weighted by Crippen LogP contribution is -2.68. The van der Waals surface area contributed by atoms with E-state index >= 15 is 0 Å². The van der Waals surface area contributed by atoms with Gasteiger partial charge in [0.15, 0.2) is 0 Å². The highest BCUT2D eigenvalue weighted by molar-refractivity contribution is 5.66. The van der Waals surface area contributed by atoms with Crippen LogP contribution >= 0.6 is 0 Å². The lowest BCUT2D eigenvalue weighted by molar-refractivity contribution is -0.261. The van der Waals surface area contributed by atoms with Crippen LogP contribution in [0.3, 0.4) is 0 Å². The van der Waals surface area contributed by atoms with Crippen molar-refractivity contribution in [2.45, 2.75) is 84.2 Å². The zero-order valence-electron chi connectivity index (χ0n) is 16.9. The van der Waals surface area contributed by atoms with Gasteiger partial charge in [-0.05, 0) is 60.3 Å². The first-order chi connectivity index (χ1) is 12.4. The molecule has 152 valence electrons. The van der Waals surface area contributed by atoms with Gasteiger partial charge in [0.05, 0.1) is 18.3 Å². The first-order valence-corrected chi connectivity index (χ1v) is 10.4. The third-order valence-corrected chi connectivity index (χ3v) is 8.88. The summed E-state index contributed by atoms with van der Waals surface area (Å²) in [7, 11) is 0.